The molecular formula is C10H14BrNO3S. The normalized spacial score (nSPS) is 14.1. The first-order valence-corrected chi connectivity index (χ1v) is 6.97. The van der Waals surface area contributed by atoms with Crippen molar-refractivity contribution in [1.29, 1.82) is 0 Å². The van der Waals surface area contributed by atoms with Crippen molar-refractivity contribution < 1.29 is 13.5 Å². The van der Waals surface area contributed by atoms with Crippen molar-refractivity contribution in [3.63, 3.8) is 0 Å². The van der Waals surface area contributed by atoms with Crippen LogP contribution in [-0.2, 0) is 10.0 Å². The number of halogens is 1. The van der Waals surface area contributed by atoms with E-state index in [1.165, 1.54) is 19.2 Å². The van der Waals surface area contributed by atoms with E-state index in [1.807, 2.05) is 0 Å². The molecule has 0 aliphatic heterocycles. The molecular weight excluding hydrogens is 294 g/mol. The largest absolute Gasteiger partial charge is 0.395 e. The highest BCUT2D eigenvalue weighted by Gasteiger charge is 2.24. The minimum absolute atomic E-state index is 0.205. The molecule has 0 radical (unpaired) electrons. The van der Waals surface area contributed by atoms with Gasteiger partial charge in [-0.05, 0) is 25.1 Å². The van der Waals surface area contributed by atoms with E-state index in [-0.39, 0.29) is 11.5 Å². The Morgan fingerprint density at radius 2 is 2.12 bits per heavy atom. The SMILES string of the molecule is CC(CO)N(C)S(=O)(=O)c1cccc(Br)c1. The maximum absolute atomic E-state index is 12.1. The Morgan fingerprint density at radius 3 is 2.62 bits per heavy atom. The Labute approximate surface area is 104 Å². The Morgan fingerprint density at radius 1 is 1.50 bits per heavy atom. The highest BCUT2D eigenvalue weighted by molar-refractivity contribution is 9.10. The van der Waals surface area contributed by atoms with Crippen LogP contribution in [0.5, 0.6) is 0 Å². The average Bonchev–Trinajstić information content (AvgIpc) is 2.27. The van der Waals surface area contributed by atoms with Crippen LogP contribution in [-0.4, -0.2) is 37.5 Å². The van der Waals surface area contributed by atoms with Crippen LogP contribution in [0.4, 0.5) is 0 Å². The van der Waals surface area contributed by atoms with Gasteiger partial charge < -0.3 is 5.11 Å². The van der Waals surface area contributed by atoms with Gasteiger partial charge in [-0.1, -0.05) is 22.0 Å². The summed E-state index contributed by atoms with van der Waals surface area (Å²) in [5.41, 5.74) is 0. The van der Waals surface area contributed by atoms with Crippen LogP contribution in [0.1, 0.15) is 6.92 Å². The van der Waals surface area contributed by atoms with Crippen LogP contribution in [0, 0.1) is 0 Å². The number of rotatable bonds is 4. The molecule has 1 aromatic carbocycles. The van der Waals surface area contributed by atoms with E-state index in [9.17, 15) is 8.42 Å². The van der Waals surface area contributed by atoms with Crippen LogP contribution in [0.3, 0.4) is 0 Å². The lowest BCUT2D eigenvalue weighted by molar-refractivity contribution is 0.214. The molecule has 16 heavy (non-hydrogen) atoms. The first-order valence-electron chi connectivity index (χ1n) is 4.74. The highest BCUT2D eigenvalue weighted by Crippen LogP contribution is 2.20. The number of aliphatic hydroxyl groups is 1. The van der Waals surface area contributed by atoms with Gasteiger partial charge >= 0.3 is 0 Å². The molecule has 0 bridgehead atoms. The van der Waals surface area contributed by atoms with Gasteiger partial charge in [0.2, 0.25) is 10.0 Å². The summed E-state index contributed by atoms with van der Waals surface area (Å²) in [4.78, 5) is 0.213. The summed E-state index contributed by atoms with van der Waals surface area (Å²) in [6.07, 6.45) is 0. The Kier molecular flexibility index (Phi) is 4.49. The third kappa shape index (κ3) is 2.82. The predicted molar refractivity (Wildman–Crippen MR) is 65.6 cm³/mol. The van der Waals surface area contributed by atoms with Crippen molar-refractivity contribution in [2.45, 2.75) is 17.9 Å². The third-order valence-electron chi connectivity index (χ3n) is 2.36. The van der Waals surface area contributed by atoms with Crippen molar-refractivity contribution in [1.82, 2.24) is 4.31 Å². The zero-order valence-corrected chi connectivity index (χ0v) is 11.5. The van der Waals surface area contributed by atoms with Gasteiger partial charge in [0.05, 0.1) is 11.5 Å². The fraction of sp³-hybridized carbons (Fsp3) is 0.400. The van der Waals surface area contributed by atoms with Crippen molar-refractivity contribution in [2.75, 3.05) is 13.7 Å². The first kappa shape index (κ1) is 13.6. The summed E-state index contributed by atoms with van der Waals surface area (Å²) >= 11 is 3.23. The van der Waals surface area contributed by atoms with Gasteiger partial charge in [-0.3, -0.25) is 0 Å². The molecule has 0 heterocycles. The van der Waals surface area contributed by atoms with Gasteiger partial charge in [-0.25, -0.2) is 8.42 Å². The monoisotopic (exact) mass is 307 g/mol. The molecule has 1 rings (SSSR count). The summed E-state index contributed by atoms with van der Waals surface area (Å²) in [5.74, 6) is 0. The Hall–Kier alpha value is -0.430. The zero-order chi connectivity index (χ0) is 12.3. The number of likely N-dealkylation sites (N-methyl/N-ethyl adjacent to an activating group) is 1. The van der Waals surface area contributed by atoms with E-state index in [0.29, 0.717) is 4.47 Å². The van der Waals surface area contributed by atoms with Crippen molar-refractivity contribution in [2.24, 2.45) is 0 Å². The molecule has 0 aliphatic rings. The molecule has 1 aromatic rings. The average molecular weight is 308 g/mol. The van der Waals surface area contributed by atoms with Gasteiger partial charge in [-0.15, -0.1) is 0 Å². The van der Waals surface area contributed by atoms with Crippen molar-refractivity contribution in [3.8, 4) is 0 Å². The van der Waals surface area contributed by atoms with Crippen LogP contribution < -0.4 is 0 Å². The topological polar surface area (TPSA) is 57.6 Å². The zero-order valence-electron chi connectivity index (χ0n) is 9.09. The van der Waals surface area contributed by atoms with Crippen molar-refractivity contribution >= 4 is 26.0 Å². The molecule has 0 aliphatic carbocycles. The maximum Gasteiger partial charge on any atom is 0.243 e. The second-order valence-corrected chi connectivity index (χ2v) is 6.42. The highest BCUT2D eigenvalue weighted by atomic mass is 79.9. The molecule has 0 fully saturated rings. The molecule has 0 aromatic heterocycles. The summed E-state index contributed by atoms with van der Waals surface area (Å²) in [7, 11) is -2.07. The lowest BCUT2D eigenvalue weighted by Crippen LogP contribution is -2.37. The first-order chi connectivity index (χ1) is 7.39. The van der Waals surface area contributed by atoms with Crippen molar-refractivity contribution in [3.05, 3.63) is 28.7 Å². The summed E-state index contributed by atoms with van der Waals surface area (Å²) in [5, 5.41) is 8.95. The number of benzene rings is 1. The van der Waals surface area contributed by atoms with Crippen LogP contribution in [0.15, 0.2) is 33.6 Å². The van der Waals surface area contributed by atoms with Crippen LogP contribution >= 0.6 is 15.9 Å². The second-order valence-electron chi connectivity index (χ2n) is 3.51. The third-order valence-corrected chi connectivity index (χ3v) is 4.82. The molecule has 1 N–H and O–H groups in total. The van der Waals surface area contributed by atoms with E-state index >= 15 is 0 Å². The van der Waals surface area contributed by atoms with Crippen LogP contribution in [0.25, 0.3) is 0 Å². The molecule has 0 saturated heterocycles. The van der Waals surface area contributed by atoms with Gasteiger partial charge in [0.25, 0.3) is 0 Å². The quantitative estimate of drug-likeness (QED) is 0.916. The van der Waals surface area contributed by atoms with E-state index in [4.69, 9.17) is 5.11 Å². The maximum atomic E-state index is 12.1. The molecule has 1 unspecified atom stereocenters. The standard InChI is InChI=1S/C10H14BrNO3S/c1-8(7-13)12(2)16(14,15)10-5-3-4-9(11)6-10/h3-6,8,13H,7H2,1-2H3. The summed E-state index contributed by atoms with van der Waals surface area (Å²) in [6.45, 7) is 1.44. The number of aliphatic hydroxyl groups excluding tert-OH is 1. The minimum atomic E-state index is -3.53. The van der Waals surface area contributed by atoms with E-state index in [1.54, 1.807) is 19.1 Å². The van der Waals surface area contributed by atoms with E-state index < -0.39 is 16.1 Å². The molecule has 90 valence electrons. The molecule has 6 heteroatoms. The molecule has 0 spiro atoms. The summed E-state index contributed by atoms with van der Waals surface area (Å²) < 4.78 is 26.0. The van der Waals surface area contributed by atoms with Gasteiger partial charge in [0.1, 0.15) is 0 Å². The number of sulfonamides is 1. The smallest absolute Gasteiger partial charge is 0.243 e. The molecule has 1 atom stereocenters. The number of nitrogens with zero attached hydrogens (tertiary/aromatic N) is 1. The molecule has 4 nitrogen and oxygen atoms in total. The summed E-state index contributed by atoms with van der Waals surface area (Å²) in [6, 6.07) is 6.04. The van der Waals surface area contributed by atoms with E-state index in [2.05, 4.69) is 15.9 Å². The predicted octanol–water partition coefficient (Wildman–Crippen LogP) is 1.45. The second kappa shape index (κ2) is 5.27. The van der Waals surface area contributed by atoms with E-state index in [0.717, 1.165) is 4.31 Å². The Bertz CT molecular complexity index is 461. The fourth-order valence-electron chi connectivity index (χ4n) is 1.15. The van der Waals surface area contributed by atoms with Gasteiger partial charge in [0.15, 0.2) is 0 Å². The number of hydrogen-bond donors (Lipinski definition) is 1. The Balaban J connectivity index is 3.12. The lowest BCUT2D eigenvalue weighted by atomic mass is 10.4. The minimum Gasteiger partial charge on any atom is -0.395 e. The fourth-order valence-corrected chi connectivity index (χ4v) is 3.10. The lowest BCUT2D eigenvalue weighted by Gasteiger charge is -2.22. The molecule has 0 saturated carbocycles. The molecule has 0 amide bonds. The number of hydrogen-bond acceptors (Lipinski definition) is 3. The van der Waals surface area contributed by atoms with Gasteiger partial charge in [-0.2, -0.15) is 4.31 Å². The van der Waals surface area contributed by atoms with Gasteiger partial charge in [0, 0.05) is 17.6 Å². The van der Waals surface area contributed by atoms with Crippen LogP contribution in [0.2, 0.25) is 0 Å².